The topological polar surface area (TPSA) is 78.9 Å². The summed E-state index contributed by atoms with van der Waals surface area (Å²) in [6.45, 7) is 6.50. The van der Waals surface area contributed by atoms with Crippen LogP contribution in [0.4, 0.5) is 0 Å². The summed E-state index contributed by atoms with van der Waals surface area (Å²) in [6, 6.07) is 0. The van der Waals surface area contributed by atoms with Crippen molar-refractivity contribution < 1.29 is 28.6 Å². The Morgan fingerprint density at radius 3 is 0.762 bits per heavy atom. The van der Waals surface area contributed by atoms with E-state index < -0.39 is 6.10 Å². The summed E-state index contributed by atoms with van der Waals surface area (Å²) in [5.41, 5.74) is 0. The molecule has 462 valence electrons. The van der Waals surface area contributed by atoms with Crippen molar-refractivity contribution in [2.75, 3.05) is 13.2 Å². The molecular formula is C74H130O6. The summed E-state index contributed by atoms with van der Waals surface area (Å²) in [7, 11) is 0. The summed E-state index contributed by atoms with van der Waals surface area (Å²) < 4.78 is 16.8. The summed E-state index contributed by atoms with van der Waals surface area (Å²) in [6.07, 6.45) is 90.8. The van der Waals surface area contributed by atoms with Crippen LogP contribution < -0.4 is 0 Å². The molecular weight excluding hydrogens is 985 g/mol. The molecule has 0 fully saturated rings. The summed E-state index contributed by atoms with van der Waals surface area (Å²) in [5.74, 6) is -0.913. The van der Waals surface area contributed by atoms with Gasteiger partial charge >= 0.3 is 17.9 Å². The standard InChI is InChI=1S/C74H130O6/c1-4-7-10-13-16-18-20-22-24-26-28-30-32-34-35-36-37-38-40-41-43-45-47-49-51-53-55-58-61-64-67-73(76)79-70-71(69-78-72(75)66-63-60-57-15-12-9-6-3)80-74(77)68-65-62-59-56-54-52-50-48-46-44-42-39-33-31-29-27-25-23-21-19-17-14-11-8-5-2/h8,11,17,19,23,25,29,31,39,42,46,48,52,54,71H,4-7,9-10,12-16,18,20-22,24,26-28,30,32-38,40-41,43-45,47,49-51,53,55-70H2,1-3H3/b11-8-,19-17-,25-23-,31-29-,42-39-,48-46-,54-52-. The van der Waals surface area contributed by atoms with Gasteiger partial charge in [-0.05, 0) is 77.0 Å². The van der Waals surface area contributed by atoms with E-state index in [2.05, 4.69) is 106 Å². The second-order valence-corrected chi connectivity index (χ2v) is 23.1. The van der Waals surface area contributed by atoms with Gasteiger partial charge in [0.1, 0.15) is 13.2 Å². The quantitative estimate of drug-likeness (QED) is 0.0261. The van der Waals surface area contributed by atoms with Crippen LogP contribution in [-0.2, 0) is 28.6 Å². The Hall–Kier alpha value is -3.41. The Labute approximate surface area is 496 Å². The molecule has 0 aromatic heterocycles. The van der Waals surface area contributed by atoms with E-state index in [-0.39, 0.29) is 31.1 Å². The molecule has 0 spiro atoms. The lowest BCUT2D eigenvalue weighted by molar-refractivity contribution is -0.167. The molecule has 0 heterocycles. The molecule has 6 heteroatoms. The van der Waals surface area contributed by atoms with Crippen LogP contribution in [0.25, 0.3) is 0 Å². The molecule has 0 radical (unpaired) electrons. The number of carbonyl (C=O) groups excluding carboxylic acids is 3. The minimum absolute atomic E-state index is 0.0869. The zero-order valence-electron chi connectivity index (χ0n) is 53.1. The van der Waals surface area contributed by atoms with E-state index in [1.54, 1.807) is 0 Å². The maximum Gasteiger partial charge on any atom is 0.306 e. The van der Waals surface area contributed by atoms with E-state index >= 15 is 0 Å². The number of allylic oxidation sites excluding steroid dienone is 14. The lowest BCUT2D eigenvalue weighted by Crippen LogP contribution is -2.30. The van der Waals surface area contributed by atoms with Crippen LogP contribution in [0, 0.1) is 0 Å². The molecule has 80 heavy (non-hydrogen) atoms. The van der Waals surface area contributed by atoms with Gasteiger partial charge in [0.2, 0.25) is 0 Å². The third-order valence-electron chi connectivity index (χ3n) is 15.2. The van der Waals surface area contributed by atoms with Crippen molar-refractivity contribution in [3.63, 3.8) is 0 Å². The van der Waals surface area contributed by atoms with Crippen molar-refractivity contribution in [1.29, 1.82) is 0 Å². The van der Waals surface area contributed by atoms with Crippen molar-refractivity contribution in [2.24, 2.45) is 0 Å². The molecule has 0 aromatic carbocycles. The highest BCUT2D eigenvalue weighted by Crippen LogP contribution is 2.18. The van der Waals surface area contributed by atoms with Gasteiger partial charge in [-0.3, -0.25) is 14.4 Å². The summed E-state index contributed by atoms with van der Waals surface area (Å²) in [5, 5.41) is 0. The van der Waals surface area contributed by atoms with Crippen molar-refractivity contribution >= 4 is 17.9 Å². The van der Waals surface area contributed by atoms with Crippen molar-refractivity contribution in [3.05, 3.63) is 85.1 Å². The third-order valence-corrected chi connectivity index (χ3v) is 15.2. The van der Waals surface area contributed by atoms with Gasteiger partial charge in [0.25, 0.3) is 0 Å². The maximum absolute atomic E-state index is 12.9. The molecule has 0 aliphatic heterocycles. The van der Waals surface area contributed by atoms with E-state index in [4.69, 9.17) is 14.2 Å². The maximum atomic E-state index is 12.9. The molecule has 0 aromatic rings. The summed E-state index contributed by atoms with van der Waals surface area (Å²) in [4.78, 5) is 38.1. The highest BCUT2D eigenvalue weighted by atomic mass is 16.6. The first-order chi connectivity index (χ1) is 39.5. The molecule has 6 nitrogen and oxygen atoms in total. The molecule has 0 saturated carbocycles. The Morgan fingerprint density at radius 2 is 0.487 bits per heavy atom. The van der Waals surface area contributed by atoms with E-state index in [0.29, 0.717) is 19.3 Å². The molecule has 1 atom stereocenters. The van der Waals surface area contributed by atoms with Crippen LogP contribution in [-0.4, -0.2) is 37.2 Å². The van der Waals surface area contributed by atoms with E-state index in [1.165, 1.54) is 199 Å². The van der Waals surface area contributed by atoms with Crippen LogP contribution in [0.1, 0.15) is 348 Å². The Bertz CT molecular complexity index is 1520. The van der Waals surface area contributed by atoms with Crippen LogP contribution in [0.2, 0.25) is 0 Å². The fraction of sp³-hybridized carbons (Fsp3) is 0.770. The van der Waals surface area contributed by atoms with Gasteiger partial charge in [0, 0.05) is 19.3 Å². The van der Waals surface area contributed by atoms with Crippen LogP contribution in [0.3, 0.4) is 0 Å². The smallest absolute Gasteiger partial charge is 0.306 e. The number of rotatable bonds is 63. The molecule has 0 saturated heterocycles. The van der Waals surface area contributed by atoms with Gasteiger partial charge < -0.3 is 14.2 Å². The predicted octanol–water partition coefficient (Wildman–Crippen LogP) is 23.8. The number of unbranched alkanes of at least 4 members (excludes halogenated alkanes) is 38. The van der Waals surface area contributed by atoms with Crippen LogP contribution in [0.15, 0.2) is 85.1 Å². The molecule has 0 bridgehead atoms. The number of ether oxygens (including phenoxy) is 3. The van der Waals surface area contributed by atoms with Crippen molar-refractivity contribution in [3.8, 4) is 0 Å². The first-order valence-corrected chi connectivity index (χ1v) is 34.6. The Balaban J connectivity index is 4.11. The minimum atomic E-state index is -0.792. The van der Waals surface area contributed by atoms with E-state index in [0.717, 1.165) is 109 Å². The molecule has 0 rings (SSSR count). The summed E-state index contributed by atoms with van der Waals surface area (Å²) >= 11 is 0. The van der Waals surface area contributed by atoms with Gasteiger partial charge in [0.05, 0.1) is 0 Å². The highest BCUT2D eigenvalue weighted by Gasteiger charge is 2.19. The fourth-order valence-corrected chi connectivity index (χ4v) is 10.0. The van der Waals surface area contributed by atoms with Gasteiger partial charge in [-0.1, -0.05) is 337 Å². The Morgan fingerprint density at radius 1 is 0.263 bits per heavy atom. The van der Waals surface area contributed by atoms with E-state index in [9.17, 15) is 14.4 Å². The van der Waals surface area contributed by atoms with E-state index in [1.807, 2.05) is 0 Å². The Kier molecular flexibility index (Phi) is 65.2. The van der Waals surface area contributed by atoms with Gasteiger partial charge in [-0.15, -0.1) is 0 Å². The molecule has 1 unspecified atom stereocenters. The van der Waals surface area contributed by atoms with Crippen LogP contribution >= 0.6 is 0 Å². The number of esters is 3. The first kappa shape index (κ1) is 76.6. The second kappa shape index (κ2) is 68.1. The average molecular weight is 1120 g/mol. The average Bonchev–Trinajstić information content (AvgIpc) is 3.46. The minimum Gasteiger partial charge on any atom is -0.462 e. The zero-order valence-corrected chi connectivity index (χ0v) is 53.1. The molecule has 0 aliphatic rings. The van der Waals surface area contributed by atoms with Crippen LogP contribution in [0.5, 0.6) is 0 Å². The first-order valence-electron chi connectivity index (χ1n) is 34.6. The predicted molar refractivity (Wildman–Crippen MR) is 348 cm³/mol. The van der Waals surface area contributed by atoms with Gasteiger partial charge in [-0.2, -0.15) is 0 Å². The fourth-order valence-electron chi connectivity index (χ4n) is 10.0. The lowest BCUT2D eigenvalue weighted by Gasteiger charge is -2.18. The SMILES string of the molecule is CC/C=C\C/C=C\C/C=C\C/C=C\C/C=C\C/C=C\C/C=C\CCCCCC(=O)OC(COC(=O)CCCCCCCCC)COC(=O)CCCCCCCCCCCCCCCCCCCCCCCCCCCCCCCC. The number of carbonyl (C=O) groups is 3. The highest BCUT2D eigenvalue weighted by molar-refractivity contribution is 5.71. The number of hydrogen-bond donors (Lipinski definition) is 0. The van der Waals surface area contributed by atoms with Gasteiger partial charge in [-0.25, -0.2) is 0 Å². The number of hydrogen-bond acceptors (Lipinski definition) is 6. The molecule has 0 N–H and O–H groups in total. The second-order valence-electron chi connectivity index (χ2n) is 23.1. The monoisotopic (exact) mass is 1110 g/mol. The van der Waals surface area contributed by atoms with Crippen molar-refractivity contribution in [2.45, 2.75) is 354 Å². The normalized spacial score (nSPS) is 12.6. The van der Waals surface area contributed by atoms with Gasteiger partial charge in [0.15, 0.2) is 6.10 Å². The molecule has 0 aliphatic carbocycles. The molecule has 0 amide bonds. The lowest BCUT2D eigenvalue weighted by atomic mass is 10.0. The van der Waals surface area contributed by atoms with Crippen molar-refractivity contribution in [1.82, 2.24) is 0 Å². The largest absolute Gasteiger partial charge is 0.462 e. The zero-order chi connectivity index (χ0) is 57.8. The third kappa shape index (κ3) is 65.4.